The number of piperazine rings is 1. The fourth-order valence-corrected chi connectivity index (χ4v) is 4.53. The maximum atomic E-state index is 12.3. The smallest absolute Gasteiger partial charge is 0.254 e. The van der Waals surface area contributed by atoms with E-state index in [1.54, 1.807) is 4.90 Å². The van der Waals surface area contributed by atoms with E-state index in [0.29, 0.717) is 25.9 Å². The minimum atomic E-state index is -1.08. The Morgan fingerprint density at radius 2 is 1.76 bits per heavy atom. The number of allylic oxidation sites excluding steroid dienone is 1. The molecule has 1 aromatic carbocycles. The number of ether oxygens (including phenoxy) is 1. The molecule has 1 saturated carbocycles. The lowest BCUT2D eigenvalue weighted by atomic mass is 10.1. The van der Waals surface area contributed by atoms with Crippen LogP contribution in [-0.2, 0) is 11.3 Å². The molecule has 0 spiro atoms. The zero-order valence-electron chi connectivity index (χ0n) is 18.9. The fourth-order valence-electron chi connectivity index (χ4n) is 4.53. The van der Waals surface area contributed by atoms with Gasteiger partial charge in [-0.05, 0) is 54.3 Å². The molecule has 2 aliphatic heterocycles. The van der Waals surface area contributed by atoms with Crippen LogP contribution in [0.5, 0.6) is 11.5 Å². The summed E-state index contributed by atoms with van der Waals surface area (Å²) in [6.07, 6.45) is 9.05. The van der Waals surface area contributed by atoms with E-state index in [1.165, 1.54) is 5.57 Å². The number of aromatic nitrogens is 2. The van der Waals surface area contributed by atoms with E-state index in [0.717, 1.165) is 54.6 Å². The molecule has 1 amide bonds. The van der Waals surface area contributed by atoms with Gasteiger partial charge in [-0.25, -0.2) is 4.98 Å². The van der Waals surface area contributed by atoms with Crippen molar-refractivity contribution in [1.29, 1.82) is 0 Å². The second kappa shape index (κ2) is 8.38. The second-order valence-corrected chi connectivity index (χ2v) is 9.27. The van der Waals surface area contributed by atoms with Gasteiger partial charge in [-0.1, -0.05) is 12.1 Å². The maximum absolute atomic E-state index is 12.3. The summed E-state index contributed by atoms with van der Waals surface area (Å²) in [4.78, 5) is 25.4. The van der Waals surface area contributed by atoms with Gasteiger partial charge in [0, 0.05) is 45.1 Å². The molecule has 0 radical (unpaired) electrons. The van der Waals surface area contributed by atoms with Crippen LogP contribution in [-0.4, -0.2) is 74.7 Å². The number of carbonyl (C=O) groups excluding carboxylic acids is 1. The number of aliphatic hydroxyl groups is 1. The van der Waals surface area contributed by atoms with Crippen molar-refractivity contribution in [2.75, 3.05) is 32.7 Å². The summed E-state index contributed by atoms with van der Waals surface area (Å²) >= 11 is 0. The Bertz CT molecular complexity index is 1280. The Balaban J connectivity index is 1.07. The second-order valence-electron chi connectivity index (χ2n) is 9.27. The summed E-state index contributed by atoms with van der Waals surface area (Å²) in [6, 6.07) is 12.0. The Labute approximate surface area is 197 Å². The third-order valence-electron chi connectivity index (χ3n) is 6.74. The number of hydrogen-bond donors (Lipinski definition) is 1. The fraction of sp³-hybridized carbons (Fsp3) is 0.346. The summed E-state index contributed by atoms with van der Waals surface area (Å²) in [5.41, 5.74) is 3.15. The van der Waals surface area contributed by atoms with Gasteiger partial charge in [0.2, 0.25) is 0 Å². The Morgan fingerprint density at radius 3 is 2.47 bits per heavy atom. The largest absolute Gasteiger partial charge is 0.456 e. The highest BCUT2D eigenvalue weighted by molar-refractivity contribution is 5.89. The Morgan fingerprint density at radius 1 is 1.00 bits per heavy atom. The highest BCUT2D eigenvalue weighted by Gasteiger charge is 2.50. The average molecular weight is 458 g/mol. The van der Waals surface area contributed by atoms with Gasteiger partial charge in [0.25, 0.3) is 5.91 Å². The molecular formula is C26H27N5O3. The molecule has 8 nitrogen and oxygen atoms in total. The van der Waals surface area contributed by atoms with Crippen LogP contribution in [0.15, 0.2) is 59.9 Å². The Hall–Kier alpha value is -3.49. The van der Waals surface area contributed by atoms with E-state index in [-0.39, 0.29) is 5.91 Å². The molecule has 4 heterocycles. The van der Waals surface area contributed by atoms with Crippen LogP contribution < -0.4 is 4.74 Å². The Kier molecular flexibility index (Phi) is 5.19. The van der Waals surface area contributed by atoms with Gasteiger partial charge in [0.05, 0.1) is 18.4 Å². The third-order valence-corrected chi connectivity index (χ3v) is 6.74. The number of nitrogens with zero attached hydrogens (tertiary/aromatic N) is 5. The number of pyridine rings is 1. The van der Waals surface area contributed by atoms with Crippen molar-refractivity contribution in [1.82, 2.24) is 19.2 Å². The van der Waals surface area contributed by atoms with Crippen LogP contribution in [0.4, 0.5) is 0 Å². The number of hydrogen-bond acceptors (Lipinski definition) is 6. The number of benzene rings is 1. The van der Waals surface area contributed by atoms with E-state index in [9.17, 15) is 9.90 Å². The van der Waals surface area contributed by atoms with Crippen LogP contribution in [0.3, 0.4) is 0 Å². The summed E-state index contributed by atoms with van der Waals surface area (Å²) < 4.78 is 8.05. The van der Waals surface area contributed by atoms with Crippen molar-refractivity contribution >= 4 is 23.3 Å². The monoisotopic (exact) mass is 457 g/mol. The molecule has 34 heavy (non-hydrogen) atoms. The summed E-state index contributed by atoms with van der Waals surface area (Å²) in [7, 11) is 0. The molecule has 174 valence electrons. The molecule has 1 N–H and O–H groups in total. The lowest BCUT2D eigenvalue weighted by molar-refractivity contribution is -0.144. The number of imidazole rings is 1. The van der Waals surface area contributed by atoms with Gasteiger partial charge in [0.15, 0.2) is 0 Å². The number of amides is 1. The summed E-state index contributed by atoms with van der Waals surface area (Å²) in [6.45, 7) is 4.32. The predicted molar refractivity (Wildman–Crippen MR) is 129 cm³/mol. The van der Waals surface area contributed by atoms with E-state index in [1.807, 2.05) is 53.4 Å². The maximum Gasteiger partial charge on any atom is 0.254 e. The van der Waals surface area contributed by atoms with E-state index >= 15 is 0 Å². The molecule has 2 fully saturated rings. The normalized spacial score (nSPS) is 19.4. The van der Waals surface area contributed by atoms with Crippen molar-refractivity contribution in [3.05, 3.63) is 66.1 Å². The molecule has 0 bridgehead atoms. The number of fused-ring (bicyclic) bond motifs is 1. The first kappa shape index (κ1) is 21.1. The zero-order valence-corrected chi connectivity index (χ0v) is 18.9. The molecular weight excluding hydrogens is 430 g/mol. The summed E-state index contributed by atoms with van der Waals surface area (Å²) in [5, 5.41) is 10.1. The molecule has 3 aromatic rings. The standard InChI is InChI=1S/C26H27N5O3/c32-25(26(33)8-9-26)30-13-11-29(12-14-30)16-21-17-31-18-23(5-6-24(31)28-21)34-22-3-1-19(2-4-22)20-7-10-27-15-20/h1-7,10,17-18,33H,8-9,11-16H2. The van der Waals surface area contributed by atoms with Gasteiger partial charge in [-0.2, -0.15) is 0 Å². The highest BCUT2D eigenvalue weighted by atomic mass is 16.5. The first-order chi connectivity index (χ1) is 16.6. The van der Waals surface area contributed by atoms with Gasteiger partial charge in [-0.15, -0.1) is 0 Å². The quantitative estimate of drug-likeness (QED) is 0.616. The lowest BCUT2D eigenvalue weighted by Crippen LogP contribution is -2.51. The van der Waals surface area contributed by atoms with Crippen molar-refractivity contribution in [3.8, 4) is 11.5 Å². The third kappa shape index (κ3) is 4.22. The molecule has 1 saturated heterocycles. The van der Waals surface area contributed by atoms with Crippen molar-refractivity contribution in [2.24, 2.45) is 4.99 Å². The predicted octanol–water partition coefficient (Wildman–Crippen LogP) is 2.76. The van der Waals surface area contributed by atoms with E-state index in [2.05, 4.69) is 22.0 Å². The van der Waals surface area contributed by atoms with Crippen molar-refractivity contribution in [2.45, 2.75) is 25.0 Å². The number of carbonyl (C=O) groups is 1. The van der Waals surface area contributed by atoms with E-state index in [4.69, 9.17) is 9.72 Å². The zero-order chi connectivity index (χ0) is 23.1. The minimum Gasteiger partial charge on any atom is -0.456 e. The van der Waals surface area contributed by atoms with E-state index < -0.39 is 5.60 Å². The average Bonchev–Trinajstić information content (AvgIpc) is 3.24. The molecule has 0 unspecified atom stereocenters. The van der Waals surface area contributed by atoms with Gasteiger partial charge in [-0.3, -0.25) is 14.7 Å². The minimum absolute atomic E-state index is 0.105. The van der Waals surface area contributed by atoms with Crippen LogP contribution in [0.1, 0.15) is 24.1 Å². The number of rotatable bonds is 6. The van der Waals surface area contributed by atoms with Crippen LogP contribution in [0.2, 0.25) is 0 Å². The van der Waals surface area contributed by atoms with Gasteiger partial charge in [0.1, 0.15) is 22.7 Å². The first-order valence-corrected chi connectivity index (χ1v) is 11.7. The van der Waals surface area contributed by atoms with Crippen LogP contribution in [0.25, 0.3) is 11.2 Å². The lowest BCUT2D eigenvalue weighted by Gasteiger charge is -2.35. The SMILES string of the molecule is O=C(N1CCN(Cc2cn3cc(Oc4ccc(C5=CC=NC5)cc4)ccc3n2)CC1)C1(O)CC1. The van der Waals surface area contributed by atoms with Gasteiger partial charge >= 0.3 is 0 Å². The molecule has 2 aromatic heterocycles. The van der Waals surface area contributed by atoms with Crippen LogP contribution >= 0.6 is 0 Å². The first-order valence-electron chi connectivity index (χ1n) is 11.7. The molecule has 6 rings (SSSR count). The highest BCUT2D eigenvalue weighted by Crippen LogP contribution is 2.37. The van der Waals surface area contributed by atoms with Crippen LogP contribution in [0, 0.1) is 0 Å². The number of aliphatic imine (C=N–C) groups is 1. The summed E-state index contributed by atoms with van der Waals surface area (Å²) in [5.74, 6) is 1.43. The molecule has 8 heteroatoms. The topological polar surface area (TPSA) is 82.7 Å². The molecule has 3 aliphatic rings. The van der Waals surface area contributed by atoms with Crippen molar-refractivity contribution in [3.63, 3.8) is 0 Å². The van der Waals surface area contributed by atoms with Gasteiger partial charge < -0.3 is 19.1 Å². The molecule has 0 atom stereocenters. The molecule has 1 aliphatic carbocycles. The van der Waals surface area contributed by atoms with Crippen molar-refractivity contribution < 1.29 is 14.6 Å².